The number of amides is 1. The van der Waals surface area contributed by atoms with Crippen molar-refractivity contribution in [1.82, 2.24) is 10.2 Å². The predicted octanol–water partition coefficient (Wildman–Crippen LogP) is -0.0659. The molecule has 1 saturated heterocycles. The lowest BCUT2D eigenvalue weighted by atomic mass is 9.84. The van der Waals surface area contributed by atoms with E-state index in [-0.39, 0.29) is 11.8 Å². The third-order valence-corrected chi connectivity index (χ3v) is 3.81. The number of carbonyl (C=O) groups excluding carboxylic acids is 1. The summed E-state index contributed by atoms with van der Waals surface area (Å²) in [6.07, 6.45) is 4.30. The maximum atomic E-state index is 11.4. The molecule has 3 N–H and O–H groups in total. The zero-order valence-electron chi connectivity index (χ0n) is 9.41. The molecule has 0 aromatic carbocycles. The first kappa shape index (κ1) is 10.9. The molecule has 1 aliphatic carbocycles. The molecular formula is C11H21N3O. The molecule has 1 aliphatic heterocycles. The summed E-state index contributed by atoms with van der Waals surface area (Å²) in [7, 11) is 1.72. The lowest BCUT2D eigenvalue weighted by Crippen LogP contribution is -2.53. The van der Waals surface area contributed by atoms with Crippen LogP contribution in [0.25, 0.3) is 0 Å². The van der Waals surface area contributed by atoms with Crippen LogP contribution < -0.4 is 11.1 Å². The van der Waals surface area contributed by atoms with E-state index in [1.165, 1.54) is 0 Å². The van der Waals surface area contributed by atoms with E-state index in [0.29, 0.717) is 12.1 Å². The van der Waals surface area contributed by atoms with Crippen LogP contribution in [0.2, 0.25) is 0 Å². The van der Waals surface area contributed by atoms with E-state index >= 15 is 0 Å². The number of nitrogens with one attached hydrogen (secondary N) is 1. The zero-order valence-corrected chi connectivity index (χ0v) is 9.41. The first-order chi connectivity index (χ1) is 7.20. The Morgan fingerprint density at radius 3 is 2.40 bits per heavy atom. The van der Waals surface area contributed by atoms with Crippen LogP contribution in [0.5, 0.6) is 0 Å². The first-order valence-electron chi connectivity index (χ1n) is 5.92. The third-order valence-electron chi connectivity index (χ3n) is 3.81. The average Bonchev–Trinajstić information content (AvgIpc) is 2.24. The standard InChI is InChI=1S/C11H21N3O/c1-13-11(15)8-2-4-14(5-3-8)10-6-9(12)7-10/h8-10H,2-7,12H2,1H3,(H,13,15). The van der Waals surface area contributed by atoms with Crippen LogP contribution in [-0.4, -0.2) is 43.0 Å². The number of carbonyl (C=O) groups is 1. The van der Waals surface area contributed by atoms with Gasteiger partial charge in [0, 0.05) is 25.0 Å². The van der Waals surface area contributed by atoms with Gasteiger partial charge in [-0.25, -0.2) is 0 Å². The molecule has 15 heavy (non-hydrogen) atoms. The Morgan fingerprint density at radius 1 is 1.33 bits per heavy atom. The summed E-state index contributed by atoms with van der Waals surface area (Å²) < 4.78 is 0. The highest BCUT2D eigenvalue weighted by Crippen LogP contribution is 2.28. The number of likely N-dealkylation sites (tertiary alicyclic amines) is 1. The minimum Gasteiger partial charge on any atom is -0.359 e. The SMILES string of the molecule is CNC(=O)C1CCN(C2CC(N)C2)CC1. The number of hydrogen-bond donors (Lipinski definition) is 2. The van der Waals surface area contributed by atoms with Crippen LogP contribution in [0.15, 0.2) is 0 Å². The van der Waals surface area contributed by atoms with Gasteiger partial charge in [0.05, 0.1) is 0 Å². The van der Waals surface area contributed by atoms with Crippen LogP contribution >= 0.6 is 0 Å². The Morgan fingerprint density at radius 2 is 1.93 bits per heavy atom. The Kier molecular flexibility index (Phi) is 3.26. The molecule has 2 rings (SSSR count). The van der Waals surface area contributed by atoms with E-state index in [4.69, 9.17) is 5.73 Å². The molecule has 0 radical (unpaired) electrons. The van der Waals surface area contributed by atoms with Gasteiger partial charge in [-0.1, -0.05) is 0 Å². The number of piperidine rings is 1. The van der Waals surface area contributed by atoms with Crippen molar-refractivity contribution in [2.75, 3.05) is 20.1 Å². The summed E-state index contributed by atoms with van der Waals surface area (Å²) in [5, 5.41) is 2.74. The number of rotatable bonds is 2. The van der Waals surface area contributed by atoms with Crippen LogP contribution in [0.4, 0.5) is 0 Å². The highest BCUT2D eigenvalue weighted by atomic mass is 16.1. The fraction of sp³-hybridized carbons (Fsp3) is 0.909. The molecule has 0 bridgehead atoms. The van der Waals surface area contributed by atoms with Crippen molar-refractivity contribution in [2.24, 2.45) is 11.7 Å². The number of nitrogens with zero attached hydrogens (tertiary/aromatic N) is 1. The summed E-state index contributed by atoms with van der Waals surface area (Å²) >= 11 is 0. The average molecular weight is 211 g/mol. The monoisotopic (exact) mass is 211 g/mol. The van der Waals surface area contributed by atoms with E-state index in [2.05, 4.69) is 10.2 Å². The van der Waals surface area contributed by atoms with Gasteiger partial charge in [0.2, 0.25) is 5.91 Å². The van der Waals surface area contributed by atoms with E-state index in [0.717, 1.165) is 38.8 Å². The minimum atomic E-state index is 0.208. The smallest absolute Gasteiger partial charge is 0.222 e. The lowest BCUT2D eigenvalue weighted by molar-refractivity contribution is -0.126. The third kappa shape index (κ3) is 2.32. The van der Waals surface area contributed by atoms with Crippen LogP contribution in [0.1, 0.15) is 25.7 Å². The normalized spacial score (nSPS) is 33.5. The lowest BCUT2D eigenvalue weighted by Gasteiger charge is -2.44. The molecule has 0 unspecified atom stereocenters. The Hall–Kier alpha value is -0.610. The molecule has 4 nitrogen and oxygen atoms in total. The van der Waals surface area contributed by atoms with Crippen molar-refractivity contribution < 1.29 is 4.79 Å². The van der Waals surface area contributed by atoms with Crippen LogP contribution in [0.3, 0.4) is 0 Å². The van der Waals surface area contributed by atoms with Crippen molar-refractivity contribution in [3.05, 3.63) is 0 Å². The van der Waals surface area contributed by atoms with Gasteiger partial charge >= 0.3 is 0 Å². The second kappa shape index (κ2) is 4.49. The molecule has 1 saturated carbocycles. The van der Waals surface area contributed by atoms with Gasteiger partial charge in [0.25, 0.3) is 0 Å². The molecule has 2 fully saturated rings. The number of hydrogen-bond acceptors (Lipinski definition) is 3. The summed E-state index contributed by atoms with van der Waals surface area (Å²) in [6, 6.07) is 1.12. The maximum absolute atomic E-state index is 11.4. The second-order valence-corrected chi connectivity index (χ2v) is 4.81. The molecule has 0 spiro atoms. The Balaban J connectivity index is 1.75. The largest absolute Gasteiger partial charge is 0.359 e. The van der Waals surface area contributed by atoms with Crippen molar-refractivity contribution >= 4 is 5.91 Å². The highest BCUT2D eigenvalue weighted by Gasteiger charge is 2.34. The van der Waals surface area contributed by atoms with Gasteiger partial charge in [-0.3, -0.25) is 4.79 Å². The predicted molar refractivity (Wildman–Crippen MR) is 59.4 cm³/mol. The quantitative estimate of drug-likeness (QED) is 0.672. The molecule has 4 heteroatoms. The van der Waals surface area contributed by atoms with Gasteiger partial charge in [-0.2, -0.15) is 0 Å². The summed E-state index contributed by atoms with van der Waals surface area (Å²) in [6.45, 7) is 2.13. The molecule has 0 atom stereocenters. The Labute approximate surface area is 91.2 Å². The van der Waals surface area contributed by atoms with Crippen LogP contribution in [0, 0.1) is 5.92 Å². The zero-order chi connectivity index (χ0) is 10.8. The van der Waals surface area contributed by atoms with Crippen molar-refractivity contribution in [2.45, 2.75) is 37.8 Å². The van der Waals surface area contributed by atoms with Gasteiger partial charge in [0.15, 0.2) is 0 Å². The van der Waals surface area contributed by atoms with Crippen molar-refractivity contribution in [3.8, 4) is 0 Å². The molecule has 1 heterocycles. The summed E-state index contributed by atoms with van der Waals surface area (Å²) in [5.41, 5.74) is 5.78. The van der Waals surface area contributed by atoms with Crippen LogP contribution in [-0.2, 0) is 4.79 Å². The van der Waals surface area contributed by atoms with Gasteiger partial charge in [-0.05, 0) is 38.8 Å². The van der Waals surface area contributed by atoms with Crippen molar-refractivity contribution in [1.29, 1.82) is 0 Å². The highest BCUT2D eigenvalue weighted by molar-refractivity contribution is 5.78. The fourth-order valence-corrected chi connectivity index (χ4v) is 2.66. The van der Waals surface area contributed by atoms with E-state index < -0.39 is 0 Å². The molecule has 86 valence electrons. The second-order valence-electron chi connectivity index (χ2n) is 4.81. The van der Waals surface area contributed by atoms with E-state index in [1.54, 1.807) is 7.05 Å². The molecular weight excluding hydrogens is 190 g/mol. The maximum Gasteiger partial charge on any atom is 0.222 e. The summed E-state index contributed by atoms with van der Waals surface area (Å²) in [5.74, 6) is 0.444. The Bertz CT molecular complexity index is 230. The van der Waals surface area contributed by atoms with Gasteiger partial charge < -0.3 is 16.0 Å². The molecule has 2 aliphatic rings. The molecule has 0 aromatic rings. The van der Waals surface area contributed by atoms with E-state index in [1.807, 2.05) is 0 Å². The van der Waals surface area contributed by atoms with Gasteiger partial charge in [-0.15, -0.1) is 0 Å². The van der Waals surface area contributed by atoms with Crippen molar-refractivity contribution in [3.63, 3.8) is 0 Å². The first-order valence-corrected chi connectivity index (χ1v) is 5.92. The number of nitrogens with two attached hydrogens (primary N) is 1. The minimum absolute atomic E-state index is 0.208. The van der Waals surface area contributed by atoms with Gasteiger partial charge in [0.1, 0.15) is 0 Å². The fourth-order valence-electron chi connectivity index (χ4n) is 2.66. The molecule has 1 amide bonds. The topological polar surface area (TPSA) is 58.4 Å². The molecule has 0 aromatic heterocycles. The van der Waals surface area contributed by atoms with E-state index in [9.17, 15) is 4.79 Å². The summed E-state index contributed by atoms with van der Waals surface area (Å²) in [4.78, 5) is 13.9.